The van der Waals surface area contributed by atoms with Crippen LogP contribution < -0.4 is 0 Å². The molecule has 96 valence electrons. The number of unbranched alkanes of at least 4 members (excludes halogenated alkanes) is 1. The van der Waals surface area contributed by atoms with Crippen molar-refractivity contribution in [3.8, 4) is 0 Å². The van der Waals surface area contributed by atoms with Crippen molar-refractivity contribution in [3.63, 3.8) is 0 Å². The summed E-state index contributed by atoms with van der Waals surface area (Å²) in [7, 11) is 0. The van der Waals surface area contributed by atoms with Gasteiger partial charge in [-0.3, -0.25) is 0 Å². The van der Waals surface area contributed by atoms with Gasteiger partial charge in [0.25, 0.3) is 0 Å². The standard InChI is InChI=1S/C15H24O2/c1-4-5-11-16-13(2)14(3)17-12-15-9-7-6-8-10-15/h6-10,13-14H,4-5,11-12H2,1-3H3/t13-,14+/m0/s1. The molecule has 0 saturated heterocycles. The lowest BCUT2D eigenvalue weighted by atomic mass is 10.2. The summed E-state index contributed by atoms with van der Waals surface area (Å²) >= 11 is 0. The van der Waals surface area contributed by atoms with Gasteiger partial charge < -0.3 is 9.47 Å². The lowest BCUT2D eigenvalue weighted by Gasteiger charge is -2.21. The molecule has 2 nitrogen and oxygen atoms in total. The van der Waals surface area contributed by atoms with E-state index in [1.807, 2.05) is 18.2 Å². The summed E-state index contributed by atoms with van der Waals surface area (Å²) in [6.45, 7) is 7.80. The maximum absolute atomic E-state index is 5.80. The largest absolute Gasteiger partial charge is 0.376 e. The van der Waals surface area contributed by atoms with Gasteiger partial charge in [0, 0.05) is 6.61 Å². The number of ether oxygens (including phenoxy) is 2. The lowest BCUT2D eigenvalue weighted by molar-refractivity contribution is -0.0631. The van der Waals surface area contributed by atoms with Gasteiger partial charge in [-0.15, -0.1) is 0 Å². The first-order valence-corrected chi connectivity index (χ1v) is 6.51. The Bertz CT molecular complexity index is 284. The monoisotopic (exact) mass is 236 g/mol. The van der Waals surface area contributed by atoms with Crippen molar-refractivity contribution in [3.05, 3.63) is 35.9 Å². The maximum atomic E-state index is 5.80. The smallest absolute Gasteiger partial charge is 0.0810 e. The van der Waals surface area contributed by atoms with E-state index in [-0.39, 0.29) is 12.2 Å². The molecule has 1 rings (SSSR count). The first-order valence-electron chi connectivity index (χ1n) is 6.51. The second-order valence-electron chi connectivity index (χ2n) is 4.43. The van der Waals surface area contributed by atoms with Crippen LogP contribution in [0.5, 0.6) is 0 Å². The summed E-state index contributed by atoms with van der Waals surface area (Å²) in [6.07, 6.45) is 2.58. The van der Waals surface area contributed by atoms with Crippen LogP contribution in [0.25, 0.3) is 0 Å². The third kappa shape index (κ3) is 5.85. The quantitative estimate of drug-likeness (QED) is 0.639. The van der Waals surface area contributed by atoms with Crippen molar-refractivity contribution in [2.24, 2.45) is 0 Å². The fourth-order valence-corrected chi connectivity index (χ4v) is 1.49. The van der Waals surface area contributed by atoms with Crippen LogP contribution in [0.3, 0.4) is 0 Å². The van der Waals surface area contributed by atoms with Gasteiger partial charge >= 0.3 is 0 Å². The van der Waals surface area contributed by atoms with E-state index in [1.54, 1.807) is 0 Å². The SMILES string of the molecule is CCCCO[C@@H](C)[C@@H](C)OCc1ccccc1. The van der Waals surface area contributed by atoms with Gasteiger partial charge in [-0.25, -0.2) is 0 Å². The average Bonchev–Trinajstić information content (AvgIpc) is 2.37. The third-order valence-electron chi connectivity index (χ3n) is 2.90. The molecule has 0 saturated carbocycles. The topological polar surface area (TPSA) is 18.5 Å². The molecular formula is C15H24O2. The number of hydrogen-bond donors (Lipinski definition) is 0. The Morgan fingerprint density at radius 1 is 1.00 bits per heavy atom. The Labute approximate surface area is 105 Å². The molecule has 0 aliphatic carbocycles. The predicted octanol–water partition coefficient (Wildman–Crippen LogP) is 3.80. The van der Waals surface area contributed by atoms with E-state index in [9.17, 15) is 0 Å². The minimum Gasteiger partial charge on any atom is -0.376 e. The summed E-state index contributed by atoms with van der Waals surface area (Å²) < 4.78 is 11.5. The second-order valence-corrected chi connectivity index (χ2v) is 4.43. The maximum Gasteiger partial charge on any atom is 0.0810 e. The molecule has 0 N–H and O–H groups in total. The van der Waals surface area contributed by atoms with Crippen molar-refractivity contribution in [2.45, 2.75) is 52.4 Å². The molecule has 0 bridgehead atoms. The molecule has 2 atom stereocenters. The molecule has 2 heteroatoms. The van der Waals surface area contributed by atoms with Crippen LogP contribution >= 0.6 is 0 Å². The molecule has 0 aromatic heterocycles. The van der Waals surface area contributed by atoms with Gasteiger partial charge in [-0.2, -0.15) is 0 Å². The fraction of sp³-hybridized carbons (Fsp3) is 0.600. The molecule has 17 heavy (non-hydrogen) atoms. The molecule has 0 heterocycles. The first-order chi connectivity index (χ1) is 8.24. The molecule has 0 aliphatic heterocycles. The van der Waals surface area contributed by atoms with E-state index in [0.29, 0.717) is 6.61 Å². The summed E-state index contributed by atoms with van der Waals surface area (Å²) in [4.78, 5) is 0. The molecule has 0 spiro atoms. The zero-order chi connectivity index (χ0) is 12.5. The predicted molar refractivity (Wildman–Crippen MR) is 71.0 cm³/mol. The van der Waals surface area contributed by atoms with E-state index in [2.05, 4.69) is 32.9 Å². The highest BCUT2D eigenvalue weighted by Gasteiger charge is 2.12. The number of rotatable bonds is 8. The summed E-state index contributed by atoms with van der Waals surface area (Å²) in [6, 6.07) is 10.2. The van der Waals surface area contributed by atoms with Gasteiger partial charge in [-0.05, 0) is 25.8 Å². The van der Waals surface area contributed by atoms with Gasteiger partial charge in [0.2, 0.25) is 0 Å². The molecule has 0 fully saturated rings. The zero-order valence-electron chi connectivity index (χ0n) is 11.2. The van der Waals surface area contributed by atoms with Crippen LogP contribution in [-0.4, -0.2) is 18.8 Å². The second kappa shape index (κ2) is 8.26. The van der Waals surface area contributed by atoms with Crippen molar-refractivity contribution in [1.29, 1.82) is 0 Å². The Hall–Kier alpha value is -0.860. The zero-order valence-corrected chi connectivity index (χ0v) is 11.2. The Morgan fingerprint density at radius 2 is 1.65 bits per heavy atom. The van der Waals surface area contributed by atoms with E-state index in [1.165, 1.54) is 12.0 Å². The molecule has 0 radical (unpaired) electrons. The van der Waals surface area contributed by atoms with Crippen molar-refractivity contribution < 1.29 is 9.47 Å². The Kier molecular flexibility index (Phi) is 6.90. The fourth-order valence-electron chi connectivity index (χ4n) is 1.49. The number of benzene rings is 1. The van der Waals surface area contributed by atoms with Crippen molar-refractivity contribution >= 4 is 0 Å². The van der Waals surface area contributed by atoms with Gasteiger partial charge in [0.15, 0.2) is 0 Å². The summed E-state index contributed by atoms with van der Waals surface area (Å²) in [5, 5.41) is 0. The van der Waals surface area contributed by atoms with Crippen LogP contribution in [0, 0.1) is 0 Å². The summed E-state index contributed by atoms with van der Waals surface area (Å²) in [5.41, 5.74) is 1.21. The minimum atomic E-state index is 0.132. The molecule has 0 unspecified atom stereocenters. The van der Waals surface area contributed by atoms with Gasteiger partial charge in [0.05, 0.1) is 18.8 Å². The van der Waals surface area contributed by atoms with Crippen LogP contribution in [-0.2, 0) is 16.1 Å². The highest BCUT2D eigenvalue weighted by Crippen LogP contribution is 2.08. The average molecular weight is 236 g/mol. The Morgan fingerprint density at radius 3 is 2.29 bits per heavy atom. The molecule has 0 aliphatic rings. The van der Waals surface area contributed by atoms with Crippen molar-refractivity contribution in [2.75, 3.05) is 6.61 Å². The van der Waals surface area contributed by atoms with Crippen LogP contribution in [0.2, 0.25) is 0 Å². The van der Waals surface area contributed by atoms with E-state index < -0.39 is 0 Å². The molecule has 1 aromatic rings. The number of hydrogen-bond acceptors (Lipinski definition) is 2. The van der Waals surface area contributed by atoms with E-state index in [0.717, 1.165) is 13.0 Å². The summed E-state index contributed by atoms with van der Waals surface area (Å²) in [5.74, 6) is 0. The minimum absolute atomic E-state index is 0.132. The van der Waals surface area contributed by atoms with Crippen LogP contribution in [0.1, 0.15) is 39.2 Å². The van der Waals surface area contributed by atoms with Gasteiger partial charge in [-0.1, -0.05) is 43.7 Å². The van der Waals surface area contributed by atoms with E-state index in [4.69, 9.17) is 9.47 Å². The van der Waals surface area contributed by atoms with Crippen LogP contribution in [0.4, 0.5) is 0 Å². The van der Waals surface area contributed by atoms with Crippen LogP contribution in [0.15, 0.2) is 30.3 Å². The van der Waals surface area contributed by atoms with Crippen molar-refractivity contribution in [1.82, 2.24) is 0 Å². The molecule has 0 amide bonds. The third-order valence-corrected chi connectivity index (χ3v) is 2.90. The normalized spacial score (nSPS) is 14.5. The highest BCUT2D eigenvalue weighted by atomic mass is 16.5. The lowest BCUT2D eigenvalue weighted by Crippen LogP contribution is -2.26. The van der Waals surface area contributed by atoms with Gasteiger partial charge in [0.1, 0.15) is 0 Å². The Balaban J connectivity index is 2.22. The van der Waals surface area contributed by atoms with E-state index >= 15 is 0 Å². The molecule has 1 aromatic carbocycles. The first kappa shape index (κ1) is 14.2. The molecular weight excluding hydrogens is 212 g/mol. The highest BCUT2D eigenvalue weighted by molar-refractivity contribution is 5.13.